The molecule has 2 aromatic carbocycles. The second-order valence-corrected chi connectivity index (χ2v) is 12.6. The highest BCUT2D eigenvalue weighted by Gasteiger charge is 2.32. The Labute approximate surface area is 298 Å². The van der Waals surface area contributed by atoms with Crippen LogP contribution < -0.4 is 37.5 Å². The fraction of sp³-hybridized carbons (Fsp3) is 0.400. The van der Waals surface area contributed by atoms with Crippen LogP contribution in [-0.4, -0.2) is 87.8 Å². The molecule has 3 rings (SSSR count). The smallest absolute Gasteiger partial charge is 0.336 e. The molecule has 0 saturated heterocycles. The first-order chi connectivity index (χ1) is 24.4. The summed E-state index contributed by atoms with van der Waals surface area (Å²) in [5, 5.41) is 45.6. The molecule has 0 radical (unpaired) electrons. The number of anilines is 1. The molecular formula is C35H44N6O11. The third kappa shape index (κ3) is 12.2. The van der Waals surface area contributed by atoms with Crippen LogP contribution in [0.1, 0.15) is 45.2 Å². The number of fused-ring (bicyclic) bond motifs is 1. The van der Waals surface area contributed by atoms with Crippen LogP contribution in [0.3, 0.4) is 0 Å². The van der Waals surface area contributed by atoms with Crippen molar-refractivity contribution >= 4 is 52.2 Å². The van der Waals surface area contributed by atoms with Gasteiger partial charge < -0.3 is 46.3 Å². The Morgan fingerprint density at radius 2 is 1.54 bits per heavy atom. The molecule has 0 spiro atoms. The van der Waals surface area contributed by atoms with Crippen molar-refractivity contribution in [1.82, 2.24) is 26.6 Å². The molecular weight excluding hydrogens is 680 g/mol. The molecule has 52 heavy (non-hydrogen) atoms. The quantitative estimate of drug-likeness (QED) is 0.0658. The fourth-order valence-corrected chi connectivity index (χ4v) is 5.21. The van der Waals surface area contributed by atoms with E-state index in [0.29, 0.717) is 16.5 Å². The molecule has 1 heterocycles. The number of nitrogens with one attached hydrogen (secondary N) is 6. The third-order valence-electron chi connectivity index (χ3n) is 7.88. The standard InChI is InChI=1S/C35H44N6O11/c1-17(2)31(41-34(50)25(38-20(5)42)13-21-6-9-23(43)10-7-21)35(51)37-19(4)32(48)40-26(15-29(45)46)33(49)36-16-28(44)39-22-8-11-24-18(3)12-30(47)52-27(24)14-22/h6-12,14,17,19,25-26,31,34,41,43,50H,13,15-16H2,1-5H3,(H,36,49)(H,37,51)(H,38,42)(H,39,44)(H,40,48)(H,45,46). The van der Waals surface area contributed by atoms with Crippen molar-refractivity contribution in [2.24, 2.45) is 5.92 Å². The van der Waals surface area contributed by atoms with Gasteiger partial charge in [-0.15, -0.1) is 0 Å². The van der Waals surface area contributed by atoms with E-state index in [9.17, 15) is 48.9 Å². The van der Waals surface area contributed by atoms with Gasteiger partial charge in [-0.25, -0.2) is 4.79 Å². The Balaban J connectivity index is 1.60. The van der Waals surface area contributed by atoms with Gasteiger partial charge in [-0.2, -0.15) is 0 Å². The predicted molar refractivity (Wildman–Crippen MR) is 188 cm³/mol. The molecule has 9 N–H and O–H groups in total. The second kappa shape index (κ2) is 18.4. The number of aliphatic carboxylic acids is 1. The fourth-order valence-electron chi connectivity index (χ4n) is 5.21. The van der Waals surface area contributed by atoms with E-state index < -0.39 is 90.4 Å². The molecule has 1 aromatic heterocycles. The summed E-state index contributed by atoms with van der Waals surface area (Å²) in [5.74, 6) is -5.52. The van der Waals surface area contributed by atoms with E-state index in [1.54, 1.807) is 45.0 Å². The van der Waals surface area contributed by atoms with Crippen LogP contribution in [0.4, 0.5) is 5.69 Å². The minimum Gasteiger partial charge on any atom is -0.508 e. The van der Waals surface area contributed by atoms with Gasteiger partial charge in [-0.1, -0.05) is 26.0 Å². The molecule has 0 bridgehead atoms. The lowest BCUT2D eigenvalue weighted by Gasteiger charge is -2.31. The van der Waals surface area contributed by atoms with Gasteiger partial charge >= 0.3 is 11.6 Å². The van der Waals surface area contributed by atoms with Crippen LogP contribution in [0.5, 0.6) is 5.75 Å². The summed E-state index contributed by atoms with van der Waals surface area (Å²) in [5.41, 5.74) is 1.31. The highest BCUT2D eigenvalue weighted by Crippen LogP contribution is 2.20. The highest BCUT2D eigenvalue weighted by molar-refractivity contribution is 5.98. The minimum atomic E-state index is -1.62. The van der Waals surface area contributed by atoms with E-state index >= 15 is 0 Å². The van der Waals surface area contributed by atoms with Crippen molar-refractivity contribution in [3.63, 3.8) is 0 Å². The number of carbonyl (C=O) groups excluding carboxylic acids is 5. The molecule has 0 aliphatic heterocycles. The molecule has 0 aliphatic carbocycles. The lowest BCUT2D eigenvalue weighted by Crippen LogP contribution is -2.60. The van der Waals surface area contributed by atoms with Crippen molar-refractivity contribution in [2.45, 2.75) is 77.9 Å². The van der Waals surface area contributed by atoms with Gasteiger partial charge in [0.1, 0.15) is 29.6 Å². The van der Waals surface area contributed by atoms with Gasteiger partial charge in [0, 0.05) is 30.1 Å². The lowest BCUT2D eigenvalue weighted by molar-refractivity contribution is -0.141. The number of amides is 5. The van der Waals surface area contributed by atoms with Crippen LogP contribution in [-0.2, 0) is 35.2 Å². The van der Waals surface area contributed by atoms with E-state index in [1.807, 2.05) is 0 Å². The van der Waals surface area contributed by atoms with Gasteiger partial charge in [-0.05, 0) is 61.6 Å². The average Bonchev–Trinajstić information content (AvgIpc) is 3.05. The Morgan fingerprint density at radius 1 is 0.865 bits per heavy atom. The lowest BCUT2D eigenvalue weighted by atomic mass is 10.00. The van der Waals surface area contributed by atoms with Crippen LogP contribution >= 0.6 is 0 Å². The summed E-state index contributed by atoms with van der Waals surface area (Å²) >= 11 is 0. The van der Waals surface area contributed by atoms with Gasteiger partial charge in [-0.3, -0.25) is 34.1 Å². The number of phenols is 1. The van der Waals surface area contributed by atoms with Crippen molar-refractivity contribution in [2.75, 3.05) is 11.9 Å². The molecule has 3 aromatic rings. The minimum absolute atomic E-state index is 0.0395. The largest absolute Gasteiger partial charge is 0.508 e. The Bertz CT molecular complexity index is 1840. The van der Waals surface area contributed by atoms with Gasteiger partial charge in [0.25, 0.3) is 0 Å². The first-order valence-electron chi connectivity index (χ1n) is 16.4. The zero-order valence-corrected chi connectivity index (χ0v) is 29.3. The zero-order valence-electron chi connectivity index (χ0n) is 29.3. The van der Waals surface area contributed by atoms with Crippen LogP contribution in [0, 0.1) is 12.8 Å². The Kier molecular flexibility index (Phi) is 14.4. The van der Waals surface area contributed by atoms with Crippen LogP contribution in [0.2, 0.25) is 0 Å². The van der Waals surface area contributed by atoms with E-state index in [2.05, 4.69) is 31.9 Å². The molecule has 0 aliphatic rings. The maximum atomic E-state index is 13.3. The number of carbonyl (C=O) groups is 6. The SMILES string of the molecule is CC(=O)NC(Cc1ccc(O)cc1)C(O)NC(C(=O)NC(C)C(=O)NC(CC(=O)O)C(=O)NCC(=O)Nc1ccc2c(C)cc(=O)oc2c1)C(C)C. The highest BCUT2D eigenvalue weighted by atomic mass is 16.4. The third-order valence-corrected chi connectivity index (χ3v) is 7.88. The first-order valence-corrected chi connectivity index (χ1v) is 16.4. The van der Waals surface area contributed by atoms with Gasteiger partial charge in [0.2, 0.25) is 29.5 Å². The van der Waals surface area contributed by atoms with Crippen LogP contribution in [0.25, 0.3) is 11.0 Å². The number of aliphatic hydroxyl groups excluding tert-OH is 1. The molecule has 5 unspecified atom stereocenters. The van der Waals surface area contributed by atoms with Crippen molar-refractivity contribution < 1.29 is 48.5 Å². The molecule has 5 amide bonds. The number of carboxylic acids is 1. The molecule has 280 valence electrons. The van der Waals surface area contributed by atoms with E-state index in [-0.39, 0.29) is 23.4 Å². The first kappa shape index (κ1) is 40.6. The Morgan fingerprint density at radius 3 is 2.15 bits per heavy atom. The van der Waals surface area contributed by atoms with Crippen molar-refractivity contribution in [3.8, 4) is 5.75 Å². The monoisotopic (exact) mass is 724 g/mol. The van der Waals surface area contributed by atoms with Crippen molar-refractivity contribution in [3.05, 3.63) is 70.1 Å². The van der Waals surface area contributed by atoms with E-state index in [1.165, 1.54) is 38.1 Å². The zero-order chi connectivity index (χ0) is 38.7. The molecule has 17 nitrogen and oxygen atoms in total. The maximum absolute atomic E-state index is 13.3. The Hall–Kier alpha value is -5.81. The number of rotatable bonds is 17. The molecule has 5 atom stereocenters. The molecule has 0 saturated carbocycles. The van der Waals surface area contributed by atoms with Gasteiger partial charge in [0.15, 0.2) is 0 Å². The average molecular weight is 725 g/mol. The number of carboxylic acid groups (broad SMARTS) is 1. The summed E-state index contributed by atoms with van der Waals surface area (Å²) in [6.45, 7) is 7.08. The molecule has 17 heteroatoms. The number of aryl methyl sites for hydroxylation is 1. The summed E-state index contributed by atoms with van der Waals surface area (Å²) in [6.07, 6.45) is -2.11. The van der Waals surface area contributed by atoms with Crippen molar-refractivity contribution in [1.29, 1.82) is 0 Å². The van der Waals surface area contributed by atoms with E-state index in [0.717, 1.165) is 0 Å². The summed E-state index contributed by atoms with van der Waals surface area (Å²) in [4.78, 5) is 86.9. The molecule has 0 fully saturated rings. The summed E-state index contributed by atoms with van der Waals surface area (Å²) in [7, 11) is 0. The van der Waals surface area contributed by atoms with Gasteiger partial charge in [0.05, 0.1) is 25.0 Å². The number of aromatic hydroxyl groups is 1. The van der Waals surface area contributed by atoms with Crippen LogP contribution in [0.15, 0.2) is 57.7 Å². The summed E-state index contributed by atoms with van der Waals surface area (Å²) in [6, 6.07) is 7.28. The summed E-state index contributed by atoms with van der Waals surface area (Å²) < 4.78 is 5.16. The predicted octanol–water partition coefficient (Wildman–Crippen LogP) is 0.00592. The number of benzene rings is 2. The normalized spacial score (nSPS) is 14.0. The topological polar surface area (TPSA) is 265 Å². The number of hydrogen-bond donors (Lipinski definition) is 9. The number of phenolic OH excluding ortho intramolecular Hbond substituents is 1. The second-order valence-electron chi connectivity index (χ2n) is 12.6. The maximum Gasteiger partial charge on any atom is 0.336 e. The number of aliphatic hydroxyl groups is 1. The van der Waals surface area contributed by atoms with E-state index in [4.69, 9.17) is 4.42 Å². The number of hydrogen-bond acceptors (Lipinski definition) is 11.